The minimum atomic E-state index is -3.05. The Hall–Kier alpha value is -0.220. The van der Waals surface area contributed by atoms with E-state index < -0.39 is 6.05 Å². The number of alkyl halides is 2. The summed E-state index contributed by atoms with van der Waals surface area (Å²) in [4.78, 5) is 0. The van der Waals surface area contributed by atoms with Gasteiger partial charge < -0.3 is 5.73 Å². The Kier molecular flexibility index (Phi) is 3.00. The molecule has 9 heavy (non-hydrogen) atoms. The first kappa shape index (κ1) is 8.78. The summed E-state index contributed by atoms with van der Waals surface area (Å²) < 4.78 is 23.6. The monoisotopic (exact) mass is 138 g/mol. The van der Waals surface area contributed by atoms with Gasteiger partial charge in [-0.2, -0.15) is 8.78 Å². The SMILES string of the molecule is C[C@@H](N)CCC(N)(F)F. The molecule has 0 fully saturated rings. The fourth-order valence-corrected chi connectivity index (χ4v) is 0.420. The lowest BCUT2D eigenvalue weighted by Gasteiger charge is -2.10. The molecule has 56 valence electrons. The van der Waals surface area contributed by atoms with Crippen LogP contribution in [-0.2, 0) is 0 Å². The molecule has 0 aromatic heterocycles. The van der Waals surface area contributed by atoms with Crippen molar-refractivity contribution in [2.24, 2.45) is 11.5 Å². The van der Waals surface area contributed by atoms with Crippen molar-refractivity contribution in [2.75, 3.05) is 0 Å². The third kappa shape index (κ3) is 7.78. The first-order chi connectivity index (χ1) is 3.92. The van der Waals surface area contributed by atoms with Crippen LogP contribution in [-0.4, -0.2) is 12.1 Å². The van der Waals surface area contributed by atoms with Gasteiger partial charge >= 0.3 is 0 Å². The second-order valence-electron chi connectivity index (χ2n) is 2.28. The van der Waals surface area contributed by atoms with Gasteiger partial charge in [0.15, 0.2) is 0 Å². The number of rotatable bonds is 3. The van der Waals surface area contributed by atoms with Crippen molar-refractivity contribution in [3.05, 3.63) is 0 Å². The number of hydrogen-bond acceptors (Lipinski definition) is 2. The third-order valence-corrected chi connectivity index (χ3v) is 0.933. The van der Waals surface area contributed by atoms with Crippen molar-refractivity contribution in [1.29, 1.82) is 0 Å². The molecule has 1 atom stereocenters. The molecule has 0 spiro atoms. The second kappa shape index (κ2) is 3.08. The molecule has 0 radical (unpaired) electrons. The third-order valence-electron chi connectivity index (χ3n) is 0.933. The molecule has 4 heteroatoms. The van der Waals surface area contributed by atoms with E-state index in [1.54, 1.807) is 6.92 Å². The van der Waals surface area contributed by atoms with Crippen molar-refractivity contribution in [2.45, 2.75) is 31.9 Å². The number of nitrogens with two attached hydrogens (primary N) is 2. The van der Waals surface area contributed by atoms with Gasteiger partial charge in [-0.1, -0.05) is 0 Å². The molecule has 0 aromatic rings. The fourth-order valence-electron chi connectivity index (χ4n) is 0.420. The zero-order valence-electron chi connectivity index (χ0n) is 5.40. The predicted octanol–water partition coefficient (Wildman–Crippen LogP) is 0.665. The van der Waals surface area contributed by atoms with Crippen LogP contribution in [0.25, 0.3) is 0 Å². The first-order valence-corrected chi connectivity index (χ1v) is 2.84. The van der Waals surface area contributed by atoms with Crippen LogP contribution in [0.4, 0.5) is 8.78 Å². The van der Waals surface area contributed by atoms with Gasteiger partial charge in [0, 0.05) is 12.5 Å². The van der Waals surface area contributed by atoms with E-state index in [1.807, 2.05) is 0 Å². The van der Waals surface area contributed by atoms with E-state index in [0.29, 0.717) is 0 Å². The summed E-state index contributed by atoms with van der Waals surface area (Å²) in [5.41, 5.74) is 9.61. The van der Waals surface area contributed by atoms with Gasteiger partial charge in [-0.25, -0.2) is 0 Å². The van der Waals surface area contributed by atoms with E-state index in [-0.39, 0.29) is 18.9 Å². The van der Waals surface area contributed by atoms with Crippen LogP contribution in [0.3, 0.4) is 0 Å². The Morgan fingerprint density at radius 2 is 2.00 bits per heavy atom. The average Bonchev–Trinajstić information content (AvgIpc) is 1.59. The summed E-state index contributed by atoms with van der Waals surface area (Å²) in [5.74, 6) is 0. The Labute approximate surface area is 53.2 Å². The molecule has 0 amide bonds. The number of hydrogen-bond donors (Lipinski definition) is 2. The standard InChI is InChI=1S/C5H12F2N2/c1-4(8)2-3-5(6,7)9/h4H,2-3,8-9H2,1H3/t4-/m1/s1. The molecule has 0 rings (SSSR count). The summed E-state index contributed by atoms with van der Waals surface area (Å²) in [6.45, 7) is 1.67. The largest absolute Gasteiger partial charge is 0.328 e. The summed E-state index contributed by atoms with van der Waals surface area (Å²) >= 11 is 0. The van der Waals surface area contributed by atoms with Crippen LogP contribution in [0, 0.1) is 0 Å². The highest BCUT2D eigenvalue weighted by molar-refractivity contribution is 4.60. The smallest absolute Gasteiger partial charge is 0.300 e. The van der Waals surface area contributed by atoms with Gasteiger partial charge in [0.25, 0.3) is 6.05 Å². The van der Waals surface area contributed by atoms with Crippen LogP contribution >= 0.6 is 0 Å². The molecule has 4 N–H and O–H groups in total. The Morgan fingerprint density at radius 1 is 1.56 bits per heavy atom. The normalized spacial score (nSPS) is 15.7. The van der Waals surface area contributed by atoms with E-state index in [2.05, 4.69) is 5.73 Å². The molecule has 0 heterocycles. The molecular formula is C5H12F2N2. The quantitative estimate of drug-likeness (QED) is 0.563. The van der Waals surface area contributed by atoms with Gasteiger partial charge in [-0.05, 0) is 13.3 Å². The highest BCUT2D eigenvalue weighted by atomic mass is 19.3. The Bertz CT molecular complexity index is 77.5. The van der Waals surface area contributed by atoms with Gasteiger partial charge in [-0.3, -0.25) is 5.73 Å². The Morgan fingerprint density at radius 3 is 2.11 bits per heavy atom. The molecule has 0 bridgehead atoms. The van der Waals surface area contributed by atoms with E-state index in [9.17, 15) is 8.78 Å². The lowest BCUT2D eigenvalue weighted by molar-refractivity contribution is -0.00384. The van der Waals surface area contributed by atoms with Gasteiger partial charge in [0.05, 0.1) is 0 Å². The molecule has 0 saturated carbocycles. The lowest BCUT2D eigenvalue weighted by atomic mass is 10.2. The fraction of sp³-hybridized carbons (Fsp3) is 1.00. The molecule has 0 aliphatic rings. The highest BCUT2D eigenvalue weighted by Crippen LogP contribution is 2.12. The molecule has 2 nitrogen and oxygen atoms in total. The minimum absolute atomic E-state index is 0.195. The summed E-state index contributed by atoms with van der Waals surface area (Å²) in [7, 11) is 0. The molecule has 0 aromatic carbocycles. The zero-order chi connectivity index (χ0) is 7.49. The zero-order valence-corrected chi connectivity index (χ0v) is 5.40. The second-order valence-corrected chi connectivity index (χ2v) is 2.28. The summed E-state index contributed by atoms with van der Waals surface area (Å²) in [6.07, 6.45) is -0.0613. The number of halogens is 2. The van der Waals surface area contributed by atoms with Gasteiger partial charge in [-0.15, -0.1) is 0 Å². The summed E-state index contributed by atoms with van der Waals surface area (Å²) in [5, 5.41) is 0. The molecule has 0 aliphatic carbocycles. The van der Waals surface area contributed by atoms with Gasteiger partial charge in [0.2, 0.25) is 0 Å². The van der Waals surface area contributed by atoms with Crippen molar-refractivity contribution >= 4 is 0 Å². The van der Waals surface area contributed by atoms with Crippen LogP contribution in [0.5, 0.6) is 0 Å². The van der Waals surface area contributed by atoms with E-state index in [1.165, 1.54) is 0 Å². The highest BCUT2D eigenvalue weighted by Gasteiger charge is 2.21. The average molecular weight is 138 g/mol. The maximum atomic E-state index is 11.8. The van der Waals surface area contributed by atoms with Crippen LogP contribution in [0.1, 0.15) is 19.8 Å². The van der Waals surface area contributed by atoms with Crippen LogP contribution in [0.15, 0.2) is 0 Å². The lowest BCUT2D eigenvalue weighted by Crippen LogP contribution is -2.30. The van der Waals surface area contributed by atoms with E-state index >= 15 is 0 Å². The van der Waals surface area contributed by atoms with Gasteiger partial charge in [0.1, 0.15) is 0 Å². The summed E-state index contributed by atoms with van der Waals surface area (Å²) in [6, 6.07) is -3.24. The first-order valence-electron chi connectivity index (χ1n) is 2.84. The predicted molar refractivity (Wildman–Crippen MR) is 32.0 cm³/mol. The minimum Gasteiger partial charge on any atom is -0.328 e. The maximum Gasteiger partial charge on any atom is 0.300 e. The van der Waals surface area contributed by atoms with Crippen molar-refractivity contribution < 1.29 is 8.78 Å². The molecule has 0 saturated heterocycles. The topological polar surface area (TPSA) is 52.0 Å². The van der Waals surface area contributed by atoms with Crippen molar-refractivity contribution in [1.82, 2.24) is 0 Å². The molecule has 0 aliphatic heterocycles. The van der Waals surface area contributed by atoms with E-state index in [0.717, 1.165) is 0 Å². The molecule has 0 unspecified atom stereocenters. The van der Waals surface area contributed by atoms with Crippen LogP contribution in [0.2, 0.25) is 0 Å². The van der Waals surface area contributed by atoms with Crippen molar-refractivity contribution in [3.63, 3.8) is 0 Å². The van der Waals surface area contributed by atoms with Crippen molar-refractivity contribution in [3.8, 4) is 0 Å². The molecular weight excluding hydrogens is 126 g/mol. The Balaban J connectivity index is 3.28. The maximum absolute atomic E-state index is 11.8. The van der Waals surface area contributed by atoms with E-state index in [4.69, 9.17) is 5.73 Å². The van der Waals surface area contributed by atoms with Crippen LogP contribution < -0.4 is 11.5 Å².